The Balaban J connectivity index is 2.52. The van der Waals surface area contributed by atoms with Crippen LogP contribution in [-0.4, -0.2) is 11.6 Å². The van der Waals surface area contributed by atoms with Crippen LogP contribution in [0.2, 0.25) is 0 Å². The van der Waals surface area contributed by atoms with Crippen LogP contribution in [0.25, 0.3) is 0 Å². The highest BCUT2D eigenvalue weighted by Gasteiger charge is 2.07. The number of pyridine rings is 1. The van der Waals surface area contributed by atoms with Crippen molar-refractivity contribution in [1.82, 2.24) is 4.98 Å². The third-order valence-corrected chi connectivity index (χ3v) is 2.28. The quantitative estimate of drug-likeness (QED) is 0.731. The minimum absolute atomic E-state index is 0.0279. The second kappa shape index (κ2) is 6.40. The molecular formula is C12H20N2O. The normalized spacial score (nSPS) is 12.5. The van der Waals surface area contributed by atoms with Crippen molar-refractivity contribution in [3.8, 4) is 5.88 Å². The molecule has 1 atom stereocenters. The van der Waals surface area contributed by atoms with Gasteiger partial charge in [-0.3, -0.25) is 0 Å². The van der Waals surface area contributed by atoms with Gasteiger partial charge in [-0.15, -0.1) is 0 Å². The van der Waals surface area contributed by atoms with E-state index in [-0.39, 0.29) is 6.04 Å². The topological polar surface area (TPSA) is 48.1 Å². The molecule has 15 heavy (non-hydrogen) atoms. The zero-order chi connectivity index (χ0) is 11.1. The fourth-order valence-corrected chi connectivity index (χ4v) is 1.39. The van der Waals surface area contributed by atoms with Gasteiger partial charge in [-0.25, -0.2) is 4.98 Å². The summed E-state index contributed by atoms with van der Waals surface area (Å²) in [6, 6.07) is 3.82. The first-order valence-electron chi connectivity index (χ1n) is 5.59. The molecule has 3 heteroatoms. The summed E-state index contributed by atoms with van der Waals surface area (Å²) in [5, 5.41) is 0. The minimum atomic E-state index is -0.0279. The number of nitrogens with zero attached hydrogens (tertiary/aromatic N) is 1. The molecule has 1 rings (SSSR count). The van der Waals surface area contributed by atoms with Crippen LogP contribution in [0.15, 0.2) is 18.3 Å². The van der Waals surface area contributed by atoms with Gasteiger partial charge in [-0.2, -0.15) is 0 Å². The maximum Gasteiger partial charge on any atom is 0.218 e. The van der Waals surface area contributed by atoms with Crippen molar-refractivity contribution in [2.75, 3.05) is 6.61 Å². The first kappa shape index (κ1) is 12.0. The number of aromatic nitrogens is 1. The van der Waals surface area contributed by atoms with Gasteiger partial charge in [0.1, 0.15) is 0 Å². The maximum absolute atomic E-state index is 5.82. The predicted octanol–water partition coefficient (Wildman–Crippen LogP) is 2.67. The van der Waals surface area contributed by atoms with Gasteiger partial charge in [-0.1, -0.05) is 25.8 Å². The van der Waals surface area contributed by atoms with E-state index in [1.54, 1.807) is 6.20 Å². The van der Waals surface area contributed by atoms with E-state index in [1.807, 2.05) is 19.1 Å². The van der Waals surface area contributed by atoms with Crippen molar-refractivity contribution < 1.29 is 4.74 Å². The number of hydrogen-bond donors (Lipinski definition) is 1. The Hall–Kier alpha value is -1.09. The predicted molar refractivity (Wildman–Crippen MR) is 61.9 cm³/mol. The molecular weight excluding hydrogens is 188 g/mol. The van der Waals surface area contributed by atoms with Gasteiger partial charge in [0.15, 0.2) is 0 Å². The average molecular weight is 208 g/mol. The second-order valence-electron chi connectivity index (χ2n) is 3.74. The van der Waals surface area contributed by atoms with Crippen molar-refractivity contribution in [2.24, 2.45) is 5.73 Å². The summed E-state index contributed by atoms with van der Waals surface area (Å²) < 4.78 is 5.61. The van der Waals surface area contributed by atoms with E-state index in [4.69, 9.17) is 10.5 Å². The van der Waals surface area contributed by atoms with Crippen molar-refractivity contribution in [3.05, 3.63) is 23.9 Å². The van der Waals surface area contributed by atoms with Crippen LogP contribution in [0.4, 0.5) is 0 Å². The third kappa shape index (κ3) is 3.88. The summed E-state index contributed by atoms with van der Waals surface area (Å²) in [6.45, 7) is 4.84. The maximum atomic E-state index is 5.82. The van der Waals surface area contributed by atoms with E-state index >= 15 is 0 Å². The highest BCUT2D eigenvalue weighted by atomic mass is 16.5. The fraction of sp³-hybridized carbons (Fsp3) is 0.583. The van der Waals surface area contributed by atoms with E-state index in [0.29, 0.717) is 5.88 Å². The van der Waals surface area contributed by atoms with E-state index < -0.39 is 0 Å². The lowest BCUT2D eigenvalue weighted by atomic mass is 10.1. The lowest BCUT2D eigenvalue weighted by Crippen LogP contribution is -2.09. The summed E-state index contributed by atoms with van der Waals surface area (Å²) in [4.78, 5) is 4.20. The Labute approximate surface area is 91.7 Å². The molecule has 0 unspecified atom stereocenters. The van der Waals surface area contributed by atoms with E-state index in [1.165, 1.54) is 12.8 Å². The molecule has 3 nitrogen and oxygen atoms in total. The Morgan fingerprint density at radius 2 is 2.27 bits per heavy atom. The molecule has 0 fully saturated rings. The average Bonchev–Trinajstić information content (AvgIpc) is 2.25. The molecule has 1 heterocycles. The van der Waals surface area contributed by atoms with Crippen molar-refractivity contribution in [2.45, 2.75) is 39.2 Å². The highest BCUT2D eigenvalue weighted by Crippen LogP contribution is 2.20. The summed E-state index contributed by atoms with van der Waals surface area (Å²) in [5.41, 5.74) is 6.81. The van der Waals surface area contributed by atoms with Crippen LogP contribution in [0.5, 0.6) is 5.88 Å². The summed E-state index contributed by atoms with van der Waals surface area (Å²) in [7, 11) is 0. The molecule has 0 saturated carbocycles. The second-order valence-corrected chi connectivity index (χ2v) is 3.74. The standard InChI is InChI=1S/C12H20N2O/c1-3-4-5-9-15-12-11(10(2)13)7-6-8-14-12/h6-8,10H,3-5,9,13H2,1-2H3/t10-/m0/s1. The van der Waals surface area contributed by atoms with Gasteiger partial charge in [0.2, 0.25) is 5.88 Å². The number of ether oxygens (including phenoxy) is 1. The van der Waals surface area contributed by atoms with Crippen molar-refractivity contribution in [1.29, 1.82) is 0 Å². The number of hydrogen-bond acceptors (Lipinski definition) is 3. The Kier molecular flexibility index (Phi) is 5.12. The molecule has 0 aliphatic carbocycles. The van der Waals surface area contributed by atoms with Gasteiger partial charge in [-0.05, 0) is 19.4 Å². The molecule has 0 saturated heterocycles. The Bertz CT molecular complexity index is 287. The van der Waals surface area contributed by atoms with Crippen LogP contribution < -0.4 is 10.5 Å². The molecule has 0 radical (unpaired) electrons. The minimum Gasteiger partial charge on any atom is -0.477 e. The van der Waals surface area contributed by atoms with E-state index in [0.717, 1.165) is 18.6 Å². The van der Waals surface area contributed by atoms with Gasteiger partial charge < -0.3 is 10.5 Å². The van der Waals surface area contributed by atoms with E-state index in [2.05, 4.69) is 11.9 Å². The molecule has 0 aromatic carbocycles. The summed E-state index contributed by atoms with van der Waals surface area (Å²) in [6.07, 6.45) is 5.21. The Morgan fingerprint density at radius 1 is 1.47 bits per heavy atom. The molecule has 84 valence electrons. The van der Waals surface area contributed by atoms with E-state index in [9.17, 15) is 0 Å². The lowest BCUT2D eigenvalue weighted by Gasteiger charge is -2.12. The van der Waals surface area contributed by atoms with Crippen molar-refractivity contribution >= 4 is 0 Å². The SMILES string of the molecule is CCCCCOc1ncccc1[C@H](C)N. The van der Waals surface area contributed by atoms with Crippen LogP contribution in [0.1, 0.15) is 44.7 Å². The molecule has 0 aliphatic rings. The van der Waals surface area contributed by atoms with Gasteiger partial charge in [0.25, 0.3) is 0 Å². The first-order valence-corrected chi connectivity index (χ1v) is 5.59. The van der Waals surface area contributed by atoms with Crippen LogP contribution in [-0.2, 0) is 0 Å². The molecule has 0 bridgehead atoms. The molecule has 1 aromatic rings. The van der Waals surface area contributed by atoms with Crippen molar-refractivity contribution in [3.63, 3.8) is 0 Å². The first-order chi connectivity index (χ1) is 7.25. The monoisotopic (exact) mass is 208 g/mol. The molecule has 0 spiro atoms. The van der Waals surface area contributed by atoms with Crippen LogP contribution in [0, 0.1) is 0 Å². The fourth-order valence-electron chi connectivity index (χ4n) is 1.39. The zero-order valence-electron chi connectivity index (χ0n) is 9.57. The molecule has 1 aromatic heterocycles. The number of unbranched alkanes of at least 4 members (excludes halogenated alkanes) is 2. The van der Waals surface area contributed by atoms with Gasteiger partial charge >= 0.3 is 0 Å². The van der Waals surface area contributed by atoms with Gasteiger partial charge in [0.05, 0.1) is 6.61 Å². The Morgan fingerprint density at radius 3 is 2.93 bits per heavy atom. The smallest absolute Gasteiger partial charge is 0.218 e. The number of rotatable bonds is 6. The molecule has 0 aliphatic heterocycles. The summed E-state index contributed by atoms with van der Waals surface area (Å²) >= 11 is 0. The summed E-state index contributed by atoms with van der Waals surface area (Å²) in [5.74, 6) is 0.684. The number of nitrogens with two attached hydrogens (primary N) is 1. The van der Waals surface area contributed by atoms with Gasteiger partial charge in [0, 0.05) is 17.8 Å². The third-order valence-electron chi connectivity index (χ3n) is 2.28. The molecule has 0 amide bonds. The van der Waals surface area contributed by atoms with Crippen LogP contribution >= 0.6 is 0 Å². The lowest BCUT2D eigenvalue weighted by molar-refractivity contribution is 0.290. The molecule has 2 N–H and O–H groups in total. The largest absolute Gasteiger partial charge is 0.477 e. The zero-order valence-corrected chi connectivity index (χ0v) is 9.57. The highest BCUT2D eigenvalue weighted by molar-refractivity contribution is 5.27. The van der Waals surface area contributed by atoms with Crippen LogP contribution in [0.3, 0.4) is 0 Å².